The first-order valence-corrected chi connectivity index (χ1v) is 13.0. The summed E-state index contributed by atoms with van der Waals surface area (Å²) in [5.41, 5.74) is 0. The highest BCUT2D eigenvalue weighted by molar-refractivity contribution is 8.00. The molecule has 1 N–H and O–H groups in total. The molecule has 2 saturated carbocycles. The number of thioether (sulfide) groups is 1. The lowest BCUT2D eigenvalue weighted by atomic mass is 9.69. The van der Waals surface area contributed by atoms with Gasteiger partial charge in [0.1, 0.15) is 6.54 Å². The molecule has 4 heterocycles. The number of hydrogen-bond acceptors (Lipinski definition) is 8. The van der Waals surface area contributed by atoms with Crippen LogP contribution < -0.4 is 4.87 Å². The highest BCUT2D eigenvalue weighted by atomic mass is 32.2. The van der Waals surface area contributed by atoms with Crippen LogP contribution in [-0.2, 0) is 19.1 Å². The molecule has 1 saturated heterocycles. The Kier molecular flexibility index (Phi) is 4.49. The summed E-state index contributed by atoms with van der Waals surface area (Å²) in [7, 11) is 0. The van der Waals surface area contributed by atoms with Crippen molar-refractivity contribution >= 4 is 52.2 Å². The molecule has 31 heavy (non-hydrogen) atoms. The Morgan fingerprint density at radius 2 is 2.00 bits per heavy atom. The van der Waals surface area contributed by atoms with Crippen LogP contribution >= 0.6 is 34.4 Å². The fourth-order valence-electron chi connectivity index (χ4n) is 6.36. The molecule has 7 unspecified atom stereocenters. The molecule has 7 atom stereocenters. The van der Waals surface area contributed by atoms with Crippen molar-refractivity contribution in [3.8, 4) is 0 Å². The molecule has 6 rings (SSSR count). The van der Waals surface area contributed by atoms with E-state index in [0.29, 0.717) is 0 Å². The van der Waals surface area contributed by atoms with E-state index in [2.05, 4.69) is 11.1 Å². The molecule has 2 bridgehead atoms. The molecule has 162 valence electrons. The first-order valence-electron chi connectivity index (χ1n) is 10.4. The van der Waals surface area contributed by atoms with Gasteiger partial charge >= 0.3 is 10.8 Å². The maximum absolute atomic E-state index is 13.3. The van der Waals surface area contributed by atoms with Crippen LogP contribution in [0.5, 0.6) is 0 Å². The molecule has 3 fully saturated rings. The minimum Gasteiger partial charge on any atom is -0.465 e. The average Bonchev–Trinajstić information content (AvgIpc) is 3.52. The lowest BCUT2D eigenvalue weighted by Gasteiger charge is -2.42. The largest absolute Gasteiger partial charge is 0.465 e. The Morgan fingerprint density at radius 3 is 2.71 bits per heavy atom. The van der Waals surface area contributed by atoms with Gasteiger partial charge in [-0.15, -0.1) is 23.1 Å². The van der Waals surface area contributed by atoms with Gasteiger partial charge in [0.15, 0.2) is 0 Å². The highest BCUT2D eigenvalue weighted by Crippen LogP contribution is 2.68. The first-order chi connectivity index (χ1) is 15.0. The van der Waals surface area contributed by atoms with E-state index in [1.165, 1.54) is 16.2 Å². The zero-order chi connectivity index (χ0) is 21.4. The van der Waals surface area contributed by atoms with Crippen LogP contribution in [0.25, 0.3) is 0 Å². The molecule has 2 aliphatic heterocycles. The number of aromatic nitrogens is 1. The first kappa shape index (κ1) is 19.8. The molecule has 4 aliphatic rings. The number of carbonyl (C=O) groups excluding carboxylic acids is 3. The molecule has 7 nitrogen and oxygen atoms in total. The number of rotatable bonds is 4. The second-order valence-corrected chi connectivity index (χ2v) is 11.7. The summed E-state index contributed by atoms with van der Waals surface area (Å²) < 4.78 is 4.98. The third-order valence-corrected chi connectivity index (χ3v) is 10.8. The number of fused-ring (bicyclic) bond motifs is 9. The van der Waals surface area contributed by atoms with Gasteiger partial charge in [-0.1, -0.05) is 17.4 Å². The van der Waals surface area contributed by atoms with Crippen LogP contribution in [0.2, 0.25) is 0 Å². The second-order valence-electron chi connectivity index (χ2n) is 8.54. The van der Waals surface area contributed by atoms with Gasteiger partial charge in [-0.2, -0.15) is 0 Å². The van der Waals surface area contributed by atoms with Gasteiger partial charge in [0.2, 0.25) is 11.8 Å². The summed E-state index contributed by atoms with van der Waals surface area (Å²) in [6, 6.07) is 4.13. The van der Waals surface area contributed by atoms with Crippen molar-refractivity contribution in [2.45, 2.75) is 29.5 Å². The van der Waals surface area contributed by atoms with Crippen LogP contribution in [0.1, 0.15) is 29.0 Å². The number of ether oxygens (including phenoxy) is 1. The minimum atomic E-state index is -0.542. The van der Waals surface area contributed by atoms with Gasteiger partial charge in [0.25, 0.3) is 0 Å². The van der Waals surface area contributed by atoms with Crippen LogP contribution in [-0.4, -0.2) is 46.1 Å². The van der Waals surface area contributed by atoms with E-state index in [0.717, 1.165) is 21.2 Å². The van der Waals surface area contributed by atoms with E-state index >= 15 is 0 Å². The molecule has 2 aliphatic carbocycles. The number of likely N-dealkylation sites (tertiary alicyclic amines) is 1. The number of imide groups is 1. The van der Waals surface area contributed by atoms with Gasteiger partial charge in [-0.05, 0) is 42.5 Å². The third-order valence-electron chi connectivity index (χ3n) is 7.26. The fraction of sp³-hybridized carbons (Fsp3) is 0.524. The minimum absolute atomic E-state index is 0.0562. The molecule has 0 radical (unpaired) electrons. The Morgan fingerprint density at radius 1 is 1.23 bits per heavy atom. The summed E-state index contributed by atoms with van der Waals surface area (Å²) in [4.78, 5) is 57.0. The molecular weight excluding hydrogens is 456 g/mol. The number of nitrogens with zero attached hydrogens (tertiary/aromatic N) is 1. The monoisotopic (exact) mass is 476 g/mol. The van der Waals surface area contributed by atoms with Gasteiger partial charge in [-0.3, -0.25) is 24.1 Å². The Bertz CT molecular complexity index is 1140. The van der Waals surface area contributed by atoms with E-state index in [4.69, 9.17) is 4.74 Å². The number of thiophene rings is 1. The van der Waals surface area contributed by atoms with E-state index in [1.807, 2.05) is 11.4 Å². The average molecular weight is 477 g/mol. The van der Waals surface area contributed by atoms with Gasteiger partial charge in [0, 0.05) is 20.9 Å². The normalized spacial score (nSPS) is 35.3. The second kappa shape index (κ2) is 7.05. The van der Waals surface area contributed by atoms with Crippen molar-refractivity contribution in [2.75, 3.05) is 13.2 Å². The van der Waals surface area contributed by atoms with E-state index in [-0.39, 0.29) is 70.6 Å². The number of aromatic amines is 1. The van der Waals surface area contributed by atoms with Gasteiger partial charge in [-0.25, -0.2) is 0 Å². The Balaban J connectivity index is 1.38. The Hall–Kier alpha value is -1.91. The summed E-state index contributed by atoms with van der Waals surface area (Å²) in [5, 5.41) is 3.14. The van der Waals surface area contributed by atoms with Gasteiger partial charge < -0.3 is 9.72 Å². The van der Waals surface area contributed by atoms with E-state index < -0.39 is 5.97 Å². The molecule has 0 aromatic carbocycles. The standard InChI is InChI=1S/C21H20N2O5S3/c1-2-28-11(24)7-23-19(25)13-8-6-9(14(13)20(23)26)16-12(8)15(10-4-3-5-29-10)17-18(30-16)22-21(27)31-17/h3-5,8-9,12-16H,2,6-7H2,1H3,(H,22,27). The van der Waals surface area contributed by atoms with Crippen LogP contribution in [0, 0.1) is 29.6 Å². The van der Waals surface area contributed by atoms with Crippen LogP contribution in [0.4, 0.5) is 0 Å². The zero-order valence-electron chi connectivity index (χ0n) is 16.6. The molecule has 2 amide bonds. The lowest BCUT2D eigenvalue weighted by Crippen LogP contribution is -2.42. The van der Waals surface area contributed by atoms with Gasteiger partial charge in [0.05, 0.1) is 23.5 Å². The molecular formula is C21H20N2O5S3. The predicted octanol–water partition coefficient (Wildman–Crippen LogP) is 2.53. The fourth-order valence-corrected chi connectivity index (χ4v) is 10.2. The summed E-state index contributed by atoms with van der Waals surface area (Å²) in [6.07, 6.45) is 0.851. The maximum atomic E-state index is 13.3. The number of H-pyrrole nitrogens is 1. The smallest absolute Gasteiger partial charge is 0.326 e. The van der Waals surface area contributed by atoms with Crippen LogP contribution in [0.15, 0.2) is 27.3 Å². The summed E-state index contributed by atoms with van der Waals surface area (Å²) in [5.74, 6) is -1.30. The third kappa shape index (κ3) is 2.70. The van der Waals surface area contributed by atoms with E-state index in [9.17, 15) is 19.2 Å². The van der Waals surface area contributed by atoms with Crippen molar-refractivity contribution < 1.29 is 19.1 Å². The molecule has 2 aromatic heterocycles. The predicted molar refractivity (Wildman–Crippen MR) is 116 cm³/mol. The number of hydrogen-bond donors (Lipinski definition) is 1. The molecule has 0 spiro atoms. The molecule has 2 aromatic rings. The van der Waals surface area contributed by atoms with Crippen molar-refractivity contribution in [2.24, 2.45) is 29.6 Å². The molecule has 10 heteroatoms. The quantitative estimate of drug-likeness (QED) is 0.538. The van der Waals surface area contributed by atoms with Crippen LogP contribution in [0.3, 0.4) is 0 Å². The topological polar surface area (TPSA) is 96.5 Å². The number of nitrogens with one attached hydrogen (secondary N) is 1. The van der Waals surface area contributed by atoms with Crippen molar-refractivity contribution in [1.29, 1.82) is 0 Å². The zero-order valence-corrected chi connectivity index (χ0v) is 19.1. The lowest BCUT2D eigenvalue weighted by molar-refractivity contribution is -0.153. The number of carbonyl (C=O) groups is 3. The highest BCUT2D eigenvalue weighted by Gasteiger charge is 2.69. The number of amides is 2. The summed E-state index contributed by atoms with van der Waals surface area (Å²) >= 11 is 4.62. The number of esters is 1. The van der Waals surface area contributed by atoms with Crippen molar-refractivity contribution in [3.05, 3.63) is 36.9 Å². The number of thiazole rings is 1. The maximum Gasteiger partial charge on any atom is 0.326 e. The van der Waals surface area contributed by atoms with Crippen molar-refractivity contribution in [1.82, 2.24) is 9.88 Å². The summed E-state index contributed by atoms with van der Waals surface area (Å²) in [6.45, 7) is 1.63. The van der Waals surface area contributed by atoms with Crippen molar-refractivity contribution in [3.63, 3.8) is 0 Å². The Labute approximate surface area is 190 Å². The van der Waals surface area contributed by atoms with E-state index in [1.54, 1.807) is 30.0 Å². The SMILES string of the molecule is CCOC(=O)CN1C(=O)C2C3CC(C2C1=O)C1C(c2cccs2)c2sc(=O)[nH]c2SC31.